The molecule has 0 radical (unpaired) electrons. The molecule has 3 nitrogen and oxygen atoms in total. The molecule has 0 bridgehead atoms. The normalized spacial score (nSPS) is 13.3. The molecule has 1 aromatic carbocycles. The highest BCUT2D eigenvalue weighted by Crippen LogP contribution is 2.38. The molecule has 0 aliphatic heterocycles. The highest BCUT2D eigenvalue weighted by atomic mass is 35.5. The predicted molar refractivity (Wildman–Crippen MR) is 85.0 cm³/mol. The number of nitrogens with one attached hydrogen (secondary N) is 1. The van der Waals surface area contributed by atoms with Crippen LogP contribution in [0.2, 0.25) is 5.02 Å². The number of amides is 1. The lowest BCUT2D eigenvalue weighted by atomic mass is 9.96. The minimum atomic E-state index is -0.495. The van der Waals surface area contributed by atoms with Crippen molar-refractivity contribution in [3.05, 3.63) is 50.6 Å². The summed E-state index contributed by atoms with van der Waals surface area (Å²) in [5, 5.41) is 12.7. The van der Waals surface area contributed by atoms with E-state index in [-0.39, 0.29) is 10.6 Å². The molecule has 1 aliphatic carbocycles. The van der Waals surface area contributed by atoms with E-state index >= 15 is 0 Å². The number of benzene rings is 1. The van der Waals surface area contributed by atoms with Gasteiger partial charge in [0.2, 0.25) is 0 Å². The van der Waals surface area contributed by atoms with Crippen LogP contribution in [0.5, 0.6) is 0 Å². The van der Waals surface area contributed by atoms with Gasteiger partial charge in [-0.2, -0.15) is 5.26 Å². The lowest BCUT2D eigenvalue weighted by Crippen LogP contribution is -2.12. The van der Waals surface area contributed by atoms with Gasteiger partial charge in [-0.1, -0.05) is 11.6 Å². The van der Waals surface area contributed by atoms with Crippen LogP contribution in [0.25, 0.3) is 0 Å². The third kappa shape index (κ3) is 2.72. The van der Waals surface area contributed by atoms with Crippen LogP contribution in [0.1, 0.15) is 39.2 Å². The van der Waals surface area contributed by atoms with Crippen molar-refractivity contribution in [3.63, 3.8) is 0 Å². The van der Waals surface area contributed by atoms with Crippen molar-refractivity contribution in [1.29, 1.82) is 5.26 Å². The molecule has 0 fully saturated rings. The van der Waals surface area contributed by atoms with Gasteiger partial charge in [0.25, 0.3) is 5.91 Å². The zero-order valence-corrected chi connectivity index (χ0v) is 13.2. The van der Waals surface area contributed by atoms with E-state index in [1.807, 2.05) is 0 Å². The van der Waals surface area contributed by atoms with Crippen LogP contribution in [0.15, 0.2) is 18.2 Å². The molecule has 0 saturated heterocycles. The number of halogens is 2. The molecule has 1 aromatic heterocycles. The first-order chi connectivity index (χ1) is 10.6. The maximum absolute atomic E-state index is 13.1. The van der Waals surface area contributed by atoms with Gasteiger partial charge in [-0.05, 0) is 49.4 Å². The Hall–Kier alpha value is -1.90. The summed E-state index contributed by atoms with van der Waals surface area (Å²) >= 11 is 7.35. The summed E-state index contributed by atoms with van der Waals surface area (Å²) < 4.78 is 13.1. The van der Waals surface area contributed by atoms with Crippen LogP contribution in [0.3, 0.4) is 0 Å². The number of thiophene rings is 1. The molecule has 2 aromatic rings. The highest BCUT2D eigenvalue weighted by Gasteiger charge is 2.22. The van der Waals surface area contributed by atoms with E-state index < -0.39 is 11.7 Å². The fourth-order valence-electron chi connectivity index (χ4n) is 2.62. The first-order valence-corrected chi connectivity index (χ1v) is 8.10. The summed E-state index contributed by atoms with van der Waals surface area (Å²) in [6.07, 6.45) is 3.99. The molecule has 0 unspecified atom stereocenters. The lowest BCUT2D eigenvalue weighted by molar-refractivity contribution is 0.102. The van der Waals surface area contributed by atoms with Crippen molar-refractivity contribution in [3.8, 4) is 6.07 Å². The summed E-state index contributed by atoms with van der Waals surface area (Å²) in [6.45, 7) is 0. The molecule has 3 rings (SSSR count). The predicted octanol–water partition coefficient (Wildman–Crippen LogP) is 4.54. The maximum atomic E-state index is 13.1. The van der Waals surface area contributed by atoms with E-state index in [0.29, 0.717) is 10.6 Å². The number of carbonyl (C=O) groups is 1. The Bertz CT molecular complexity index is 794. The average molecular weight is 335 g/mol. The molecule has 1 amide bonds. The van der Waals surface area contributed by atoms with Crippen molar-refractivity contribution in [2.24, 2.45) is 0 Å². The fourth-order valence-corrected chi connectivity index (χ4v) is 4.10. The van der Waals surface area contributed by atoms with E-state index in [2.05, 4.69) is 11.4 Å². The van der Waals surface area contributed by atoms with Gasteiger partial charge >= 0.3 is 0 Å². The molecule has 0 atom stereocenters. The van der Waals surface area contributed by atoms with Crippen molar-refractivity contribution in [2.45, 2.75) is 25.7 Å². The van der Waals surface area contributed by atoms with Crippen LogP contribution in [-0.2, 0) is 12.8 Å². The molecule has 1 heterocycles. The van der Waals surface area contributed by atoms with Gasteiger partial charge in [0.1, 0.15) is 16.9 Å². The Kier molecular flexibility index (Phi) is 4.14. The minimum absolute atomic E-state index is 0.0531. The Morgan fingerprint density at radius 2 is 2.14 bits per heavy atom. The molecule has 0 spiro atoms. The largest absolute Gasteiger partial charge is 0.312 e. The summed E-state index contributed by atoms with van der Waals surface area (Å²) in [4.78, 5) is 13.5. The summed E-state index contributed by atoms with van der Waals surface area (Å²) in [6, 6.07) is 5.81. The van der Waals surface area contributed by atoms with E-state index in [0.717, 1.165) is 37.3 Å². The fraction of sp³-hybridized carbons (Fsp3) is 0.250. The van der Waals surface area contributed by atoms with Crippen LogP contribution in [0, 0.1) is 17.1 Å². The standard InChI is InChI=1S/C16H12ClFN2OS/c17-13-7-9(18)5-6-11(13)15(21)20-16-12(8-19)10-3-1-2-4-14(10)22-16/h5-7H,1-4H2,(H,20,21). The Balaban J connectivity index is 1.91. The van der Waals surface area contributed by atoms with Gasteiger partial charge in [-0.15, -0.1) is 11.3 Å². The number of hydrogen-bond acceptors (Lipinski definition) is 3. The summed E-state index contributed by atoms with van der Waals surface area (Å²) in [5.74, 6) is -0.925. The second-order valence-electron chi connectivity index (χ2n) is 5.11. The molecular formula is C16H12ClFN2OS. The van der Waals surface area contributed by atoms with E-state index in [9.17, 15) is 14.4 Å². The quantitative estimate of drug-likeness (QED) is 0.876. The molecular weight excluding hydrogens is 323 g/mol. The molecule has 1 N–H and O–H groups in total. The number of anilines is 1. The number of fused-ring (bicyclic) bond motifs is 1. The van der Waals surface area contributed by atoms with Crippen molar-refractivity contribution in [2.75, 3.05) is 5.32 Å². The molecule has 6 heteroatoms. The number of hydrogen-bond donors (Lipinski definition) is 1. The summed E-state index contributed by atoms with van der Waals surface area (Å²) in [7, 11) is 0. The Morgan fingerprint density at radius 3 is 2.86 bits per heavy atom. The zero-order valence-electron chi connectivity index (χ0n) is 11.6. The number of rotatable bonds is 2. The second kappa shape index (κ2) is 6.07. The first-order valence-electron chi connectivity index (χ1n) is 6.91. The first kappa shape index (κ1) is 15.0. The van der Waals surface area contributed by atoms with Gasteiger partial charge in [-0.3, -0.25) is 4.79 Å². The van der Waals surface area contributed by atoms with Gasteiger partial charge in [0, 0.05) is 4.88 Å². The SMILES string of the molecule is N#Cc1c(NC(=O)c2ccc(F)cc2Cl)sc2c1CCCC2. The molecule has 22 heavy (non-hydrogen) atoms. The van der Waals surface area contributed by atoms with Crippen LogP contribution >= 0.6 is 22.9 Å². The summed E-state index contributed by atoms with van der Waals surface area (Å²) in [5.41, 5.74) is 1.80. The number of nitrogens with zero attached hydrogens (tertiary/aromatic N) is 1. The van der Waals surface area contributed by atoms with E-state index in [4.69, 9.17) is 11.6 Å². The van der Waals surface area contributed by atoms with Crippen LogP contribution in [0.4, 0.5) is 9.39 Å². The van der Waals surface area contributed by atoms with Gasteiger partial charge in [-0.25, -0.2) is 4.39 Å². The molecule has 112 valence electrons. The third-order valence-corrected chi connectivity index (χ3v) is 5.21. The van der Waals surface area contributed by atoms with E-state index in [1.54, 1.807) is 0 Å². The lowest BCUT2D eigenvalue weighted by Gasteiger charge is -2.09. The van der Waals surface area contributed by atoms with Gasteiger partial charge < -0.3 is 5.32 Å². The van der Waals surface area contributed by atoms with Crippen molar-refractivity contribution >= 4 is 33.8 Å². The van der Waals surface area contributed by atoms with Crippen LogP contribution < -0.4 is 5.32 Å². The second-order valence-corrected chi connectivity index (χ2v) is 6.62. The topological polar surface area (TPSA) is 52.9 Å². The number of carbonyl (C=O) groups excluding carboxylic acids is 1. The Morgan fingerprint density at radius 1 is 1.36 bits per heavy atom. The Labute approximate surface area is 136 Å². The number of nitriles is 1. The average Bonchev–Trinajstić information content (AvgIpc) is 2.83. The molecule has 0 saturated carbocycles. The van der Waals surface area contributed by atoms with Crippen LogP contribution in [-0.4, -0.2) is 5.91 Å². The van der Waals surface area contributed by atoms with Gasteiger partial charge in [0.05, 0.1) is 16.1 Å². The number of aryl methyl sites for hydroxylation is 1. The minimum Gasteiger partial charge on any atom is -0.312 e. The maximum Gasteiger partial charge on any atom is 0.257 e. The smallest absolute Gasteiger partial charge is 0.257 e. The van der Waals surface area contributed by atoms with E-state index in [1.165, 1.54) is 28.3 Å². The zero-order chi connectivity index (χ0) is 15.7. The highest BCUT2D eigenvalue weighted by molar-refractivity contribution is 7.16. The third-order valence-electron chi connectivity index (χ3n) is 3.69. The van der Waals surface area contributed by atoms with Crippen molar-refractivity contribution in [1.82, 2.24) is 0 Å². The molecule has 1 aliphatic rings. The van der Waals surface area contributed by atoms with Crippen molar-refractivity contribution < 1.29 is 9.18 Å². The monoisotopic (exact) mass is 334 g/mol. The van der Waals surface area contributed by atoms with Gasteiger partial charge in [0.15, 0.2) is 0 Å².